The molecule has 7 rings (SSSR count). The van der Waals surface area contributed by atoms with Crippen molar-refractivity contribution in [3.05, 3.63) is 127 Å². The van der Waals surface area contributed by atoms with E-state index >= 15 is 0 Å². The third-order valence-corrected chi connectivity index (χ3v) is 9.62. The summed E-state index contributed by atoms with van der Waals surface area (Å²) in [7, 11) is 0. The molecule has 3 aromatic carbocycles. The van der Waals surface area contributed by atoms with Crippen LogP contribution in [0.25, 0.3) is 32.6 Å². The standard InChI is InChI=1S/C33H28N4OS2/c1-22-34-31-30(27-14-8-9-15-29(27)40-31)32(38)37(22)35-33-36(20-23-10-4-2-5-11-23)28(21-39-33)26-18-16-25(17-19-26)24-12-6-3-7-13-24/h2-7,10-13,16-19,21H,8-9,14-15,20H2,1H3/b35-33-. The molecule has 0 bridgehead atoms. The summed E-state index contributed by atoms with van der Waals surface area (Å²) < 4.78 is 3.72. The Bertz CT molecular complexity index is 1950. The Hall–Kier alpha value is -4.07. The van der Waals surface area contributed by atoms with Crippen molar-refractivity contribution in [2.45, 2.75) is 39.2 Å². The molecule has 3 aromatic heterocycles. The quantitative estimate of drug-likeness (QED) is 0.223. The number of nitrogens with zero attached hydrogens (tertiary/aromatic N) is 4. The highest BCUT2D eigenvalue weighted by molar-refractivity contribution is 7.18. The lowest BCUT2D eigenvalue weighted by Gasteiger charge is -2.11. The summed E-state index contributed by atoms with van der Waals surface area (Å²) in [5.74, 6) is 0.615. The highest BCUT2D eigenvalue weighted by Crippen LogP contribution is 2.34. The van der Waals surface area contributed by atoms with Gasteiger partial charge in [-0.1, -0.05) is 84.9 Å². The van der Waals surface area contributed by atoms with Crippen molar-refractivity contribution in [3.8, 4) is 22.4 Å². The number of benzene rings is 3. The maximum Gasteiger partial charge on any atom is 0.283 e. The summed E-state index contributed by atoms with van der Waals surface area (Å²) in [6, 6.07) is 29.5. The molecule has 0 unspecified atom stereocenters. The average Bonchev–Trinajstić information content (AvgIpc) is 3.57. The Morgan fingerprint density at radius 2 is 1.52 bits per heavy atom. The zero-order valence-electron chi connectivity index (χ0n) is 22.2. The molecule has 1 aliphatic carbocycles. The van der Waals surface area contributed by atoms with Crippen LogP contribution in [0.5, 0.6) is 0 Å². The molecule has 0 N–H and O–H groups in total. The topological polar surface area (TPSA) is 52.2 Å². The molecule has 0 spiro atoms. The number of hydrogen-bond acceptors (Lipinski definition) is 5. The van der Waals surface area contributed by atoms with Gasteiger partial charge in [0.25, 0.3) is 5.56 Å². The van der Waals surface area contributed by atoms with Crippen molar-refractivity contribution in [1.29, 1.82) is 0 Å². The van der Waals surface area contributed by atoms with Gasteiger partial charge >= 0.3 is 0 Å². The van der Waals surface area contributed by atoms with Gasteiger partial charge in [-0.15, -0.1) is 27.8 Å². The summed E-state index contributed by atoms with van der Waals surface area (Å²) in [5.41, 5.74) is 6.86. The van der Waals surface area contributed by atoms with E-state index in [9.17, 15) is 4.79 Å². The molecule has 7 heteroatoms. The predicted octanol–water partition coefficient (Wildman–Crippen LogP) is 7.25. The van der Waals surface area contributed by atoms with Crippen LogP contribution in [0.15, 0.2) is 100 Å². The van der Waals surface area contributed by atoms with Gasteiger partial charge in [-0.25, -0.2) is 4.98 Å². The highest BCUT2D eigenvalue weighted by atomic mass is 32.1. The number of hydrogen-bond donors (Lipinski definition) is 0. The lowest BCUT2D eigenvalue weighted by atomic mass is 9.97. The van der Waals surface area contributed by atoms with Crippen LogP contribution in [0.1, 0.15) is 34.7 Å². The van der Waals surface area contributed by atoms with Crippen molar-refractivity contribution >= 4 is 32.9 Å². The Morgan fingerprint density at radius 1 is 0.850 bits per heavy atom. The molecule has 3 heterocycles. The minimum Gasteiger partial charge on any atom is -0.311 e. The number of thiophene rings is 1. The van der Waals surface area contributed by atoms with Crippen LogP contribution >= 0.6 is 22.7 Å². The number of aromatic nitrogens is 3. The summed E-state index contributed by atoms with van der Waals surface area (Å²) in [4.78, 5) is 21.6. The van der Waals surface area contributed by atoms with Crippen LogP contribution in [-0.2, 0) is 19.4 Å². The van der Waals surface area contributed by atoms with Gasteiger partial charge < -0.3 is 4.57 Å². The first-order valence-corrected chi connectivity index (χ1v) is 15.3. The molecule has 1 aliphatic rings. The fraction of sp³-hybridized carbons (Fsp3) is 0.182. The number of thiazole rings is 1. The van der Waals surface area contributed by atoms with Gasteiger partial charge in [-0.3, -0.25) is 4.79 Å². The van der Waals surface area contributed by atoms with E-state index in [4.69, 9.17) is 10.1 Å². The molecule has 0 aliphatic heterocycles. The number of fused-ring (bicyclic) bond motifs is 3. The molecule has 0 fully saturated rings. The summed E-state index contributed by atoms with van der Waals surface area (Å²) in [5, 5.41) is 7.85. The van der Waals surface area contributed by atoms with E-state index in [0.717, 1.165) is 45.5 Å². The molecule has 0 saturated heterocycles. The molecule has 0 atom stereocenters. The first-order chi connectivity index (χ1) is 19.7. The molecule has 0 saturated carbocycles. The van der Waals surface area contributed by atoms with Crippen LogP contribution in [-0.4, -0.2) is 14.2 Å². The summed E-state index contributed by atoms with van der Waals surface area (Å²) >= 11 is 3.23. The number of aryl methyl sites for hydroxylation is 3. The van der Waals surface area contributed by atoms with Gasteiger partial charge in [-0.2, -0.15) is 4.68 Å². The minimum atomic E-state index is -0.0599. The fourth-order valence-electron chi connectivity index (χ4n) is 5.52. The zero-order valence-corrected chi connectivity index (χ0v) is 23.8. The SMILES string of the molecule is Cc1nc2sc3c(c2c(=O)n1/N=c1\scc(-c2ccc(-c4ccccc4)cc2)n1Cc1ccccc1)CCCC3. The minimum absolute atomic E-state index is 0.0599. The molecule has 40 heavy (non-hydrogen) atoms. The second kappa shape index (κ2) is 10.5. The van der Waals surface area contributed by atoms with Gasteiger partial charge in [0.05, 0.1) is 17.6 Å². The van der Waals surface area contributed by atoms with Gasteiger partial charge in [0, 0.05) is 10.3 Å². The molecule has 0 amide bonds. The van der Waals surface area contributed by atoms with Crippen LogP contribution < -0.4 is 10.4 Å². The van der Waals surface area contributed by atoms with Crippen molar-refractivity contribution in [2.75, 3.05) is 0 Å². The van der Waals surface area contributed by atoms with Crippen LogP contribution in [0.4, 0.5) is 0 Å². The maximum absolute atomic E-state index is 13.8. The zero-order chi connectivity index (χ0) is 27.1. The second-order valence-electron chi connectivity index (χ2n) is 10.2. The molecular formula is C33H28N4OS2. The Balaban J connectivity index is 1.37. The molecule has 198 valence electrons. The van der Waals surface area contributed by atoms with E-state index in [-0.39, 0.29) is 5.56 Å². The Labute approximate surface area is 240 Å². The third kappa shape index (κ3) is 4.55. The number of rotatable bonds is 5. The normalized spacial score (nSPS) is 13.6. The molecule has 6 aromatic rings. The monoisotopic (exact) mass is 560 g/mol. The lowest BCUT2D eigenvalue weighted by Crippen LogP contribution is -2.26. The Morgan fingerprint density at radius 3 is 2.30 bits per heavy atom. The first kappa shape index (κ1) is 24.9. The van der Waals surface area contributed by atoms with Crippen molar-refractivity contribution in [2.24, 2.45) is 5.10 Å². The predicted molar refractivity (Wildman–Crippen MR) is 165 cm³/mol. The highest BCUT2D eigenvalue weighted by Gasteiger charge is 2.21. The van der Waals surface area contributed by atoms with E-state index in [1.54, 1.807) is 22.7 Å². The Kier molecular flexibility index (Phi) is 6.54. The summed E-state index contributed by atoms with van der Waals surface area (Å²) in [6.07, 6.45) is 4.30. The van der Waals surface area contributed by atoms with Crippen LogP contribution in [0, 0.1) is 6.92 Å². The first-order valence-electron chi connectivity index (χ1n) is 13.6. The van der Waals surface area contributed by atoms with Gasteiger partial charge in [0.2, 0.25) is 4.80 Å². The lowest BCUT2D eigenvalue weighted by molar-refractivity contribution is 0.686. The van der Waals surface area contributed by atoms with Crippen molar-refractivity contribution in [1.82, 2.24) is 14.2 Å². The van der Waals surface area contributed by atoms with E-state index < -0.39 is 0 Å². The van der Waals surface area contributed by atoms with E-state index in [2.05, 4.69) is 82.7 Å². The van der Waals surface area contributed by atoms with Gasteiger partial charge in [0.15, 0.2) is 0 Å². The average molecular weight is 561 g/mol. The molecular weight excluding hydrogens is 533 g/mol. The van der Waals surface area contributed by atoms with Crippen LogP contribution in [0.3, 0.4) is 0 Å². The smallest absolute Gasteiger partial charge is 0.283 e. The summed E-state index contributed by atoms with van der Waals surface area (Å²) in [6.45, 7) is 2.53. The maximum atomic E-state index is 13.8. The van der Waals surface area contributed by atoms with Crippen molar-refractivity contribution < 1.29 is 0 Å². The van der Waals surface area contributed by atoms with E-state index in [0.29, 0.717) is 12.4 Å². The van der Waals surface area contributed by atoms with Crippen LogP contribution in [0.2, 0.25) is 0 Å². The van der Waals surface area contributed by atoms with Crippen molar-refractivity contribution in [3.63, 3.8) is 0 Å². The molecule has 5 nitrogen and oxygen atoms in total. The largest absolute Gasteiger partial charge is 0.311 e. The fourth-order valence-corrected chi connectivity index (χ4v) is 7.72. The third-order valence-electron chi connectivity index (χ3n) is 7.58. The van der Waals surface area contributed by atoms with E-state index in [1.165, 1.54) is 38.2 Å². The second-order valence-corrected chi connectivity index (χ2v) is 12.1. The van der Waals surface area contributed by atoms with Gasteiger partial charge in [-0.05, 0) is 60.4 Å². The van der Waals surface area contributed by atoms with E-state index in [1.807, 2.05) is 19.1 Å². The molecule has 0 radical (unpaired) electrons. The van der Waals surface area contributed by atoms with Gasteiger partial charge in [0.1, 0.15) is 10.7 Å².